The zero-order valence-electron chi connectivity index (χ0n) is 26.3. The third-order valence-electron chi connectivity index (χ3n) is 6.69. The Labute approximate surface area is 246 Å². The summed E-state index contributed by atoms with van der Waals surface area (Å²) in [6.07, 6.45) is 2.50. The van der Waals surface area contributed by atoms with Crippen LogP contribution in [0.15, 0.2) is 18.2 Å². The molecular formula is C30H52N2O8S. The fourth-order valence-corrected chi connectivity index (χ4v) is 4.66. The van der Waals surface area contributed by atoms with Crippen molar-refractivity contribution in [3.63, 3.8) is 0 Å². The molecule has 236 valence electrons. The van der Waals surface area contributed by atoms with Crippen LogP contribution in [-0.4, -0.2) is 69.1 Å². The van der Waals surface area contributed by atoms with Crippen molar-refractivity contribution in [3.8, 4) is 11.5 Å². The fraction of sp³-hybridized carbons (Fsp3) is 0.733. The highest BCUT2D eigenvalue weighted by Gasteiger charge is 2.31. The van der Waals surface area contributed by atoms with Crippen LogP contribution in [0.25, 0.3) is 0 Å². The molecule has 0 aliphatic carbocycles. The molecule has 0 radical (unpaired) electrons. The number of amides is 2. The van der Waals surface area contributed by atoms with Gasteiger partial charge < -0.3 is 30.0 Å². The smallest absolute Gasteiger partial charge is 0.407 e. The van der Waals surface area contributed by atoms with Crippen LogP contribution in [0, 0.1) is 17.8 Å². The predicted octanol–water partition coefficient (Wildman–Crippen LogP) is 4.48. The molecule has 0 unspecified atom stereocenters. The van der Waals surface area contributed by atoms with Gasteiger partial charge in [-0.25, -0.2) is 13.2 Å². The minimum atomic E-state index is -3.36. The molecule has 41 heavy (non-hydrogen) atoms. The van der Waals surface area contributed by atoms with Gasteiger partial charge in [0.05, 0.1) is 19.3 Å². The topological polar surface area (TPSA) is 140 Å². The second-order valence-electron chi connectivity index (χ2n) is 12.2. The number of hydrogen-bond acceptors (Lipinski definition) is 8. The number of ether oxygens (including phenoxy) is 3. The van der Waals surface area contributed by atoms with Crippen LogP contribution in [0.2, 0.25) is 0 Å². The largest absolute Gasteiger partial charge is 0.493 e. The molecular weight excluding hydrogens is 548 g/mol. The van der Waals surface area contributed by atoms with Gasteiger partial charge in [-0.3, -0.25) is 4.79 Å². The Bertz CT molecular complexity index is 1070. The number of carbonyl (C=O) groups is 2. The number of aliphatic hydroxyl groups excluding tert-OH is 1. The van der Waals surface area contributed by atoms with Crippen molar-refractivity contribution in [3.05, 3.63) is 23.8 Å². The van der Waals surface area contributed by atoms with Gasteiger partial charge in [0, 0.05) is 18.7 Å². The summed E-state index contributed by atoms with van der Waals surface area (Å²) in [5.41, 5.74) is 0.178. The quantitative estimate of drug-likeness (QED) is 0.223. The van der Waals surface area contributed by atoms with Gasteiger partial charge in [-0.2, -0.15) is 0 Å². The molecule has 0 aromatic heterocycles. The van der Waals surface area contributed by atoms with Crippen LogP contribution in [0.3, 0.4) is 0 Å². The van der Waals surface area contributed by atoms with Crippen molar-refractivity contribution in [1.29, 1.82) is 0 Å². The lowest BCUT2D eigenvalue weighted by atomic mass is 9.82. The van der Waals surface area contributed by atoms with Gasteiger partial charge in [0.1, 0.15) is 5.60 Å². The van der Waals surface area contributed by atoms with Crippen molar-refractivity contribution in [2.24, 2.45) is 17.8 Å². The van der Waals surface area contributed by atoms with Crippen molar-refractivity contribution in [2.75, 3.05) is 25.8 Å². The summed E-state index contributed by atoms with van der Waals surface area (Å²) in [7, 11) is -1.87. The number of aliphatic hydroxyl groups is 1. The van der Waals surface area contributed by atoms with Gasteiger partial charge in [0.2, 0.25) is 5.91 Å². The maximum atomic E-state index is 12.7. The van der Waals surface area contributed by atoms with Crippen molar-refractivity contribution in [2.45, 2.75) is 98.3 Å². The Morgan fingerprint density at radius 2 is 1.73 bits per heavy atom. The van der Waals surface area contributed by atoms with E-state index in [1.165, 1.54) is 7.11 Å². The summed E-state index contributed by atoms with van der Waals surface area (Å²) in [6.45, 7) is 13.8. The highest BCUT2D eigenvalue weighted by Crippen LogP contribution is 2.32. The van der Waals surface area contributed by atoms with E-state index in [9.17, 15) is 23.1 Å². The molecule has 0 saturated carbocycles. The third kappa shape index (κ3) is 14.8. The molecule has 0 bridgehead atoms. The lowest BCUT2D eigenvalue weighted by Crippen LogP contribution is -2.48. The van der Waals surface area contributed by atoms with E-state index in [0.29, 0.717) is 30.9 Å². The standard InChI is InChI=1S/C30H52N2O8S/c1-10-11-14-31-28(34)21(4)15-25(33)24(32-29(35)40-30(5,6)7)18-23(20(2)3)16-22-12-13-26(38-8)27(17-22)39-19-41(9,36)37/h12-13,17,20-21,23-25,33H,10-11,14-16,18-19H2,1-9H3,(H,31,34)(H,32,35)/t21-,23+,24+,25+/m1/s1. The van der Waals surface area contributed by atoms with Crippen LogP contribution in [0.5, 0.6) is 11.5 Å². The van der Waals surface area contributed by atoms with Gasteiger partial charge in [-0.05, 0) is 76.0 Å². The number of rotatable bonds is 17. The monoisotopic (exact) mass is 600 g/mol. The summed E-state index contributed by atoms with van der Waals surface area (Å²) in [5.74, 6) is -0.128. The molecule has 4 atom stereocenters. The van der Waals surface area contributed by atoms with Gasteiger partial charge in [0.25, 0.3) is 0 Å². The van der Waals surface area contributed by atoms with Gasteiger partial charge in [-0.1, -0.05) is 40.2 Å². The molecule has 0 heterocycles. The van der Waals surface area contributed by atoms with Crippen molar-refractivity contribution in [1.82, 2.24) is 10.6 Å². The predicted molar refractivity (Wildman–Crippen MR) is 161 cm³/mol. The molecule has 2 amide bonds. The molecule has 10 nitrogen and oxygen atoms in total. The minimum Gasteiger partial charge on any atom is -0.493 e. The zero-order valence-corrected chi connectivity index (χ0v) is 27.1. The lowest BCUT2D eigenvalue weighted by molar-refractivity contribution is -0.125. The average Bonchev–Trinajstić information content (AvgIpc) is 2.84. The molecule has 1 rings (SSSR count). The fourth-order valence-electron chi connectivity index (χ4n) is 4.32. The lowest BCUT2D eigenvalue weighted by Gasteiger charge is -2.32. The minimum absolute atomic E-state index is 0.00873. The molecule has 0 saturated heterocycles. The third-order valence-corrected chi connectivity index (χ3v) is 7.24. The first-order valence-electron chi connectivity index (χ1n) is 14.4. The van der Waals surface area contributed by atoms with E-state index in [1.807, 2.05) is 13.0 Å². The molecule has 0 spiro atoms. The van der Waals surface area contributed by atoms with E-state index in [2.05, 4.69) is 24.5 Å². The number of hydrogen-bond donors (Lipinski definition) is 3. The Balaban J connectivity index is 3.17. The zero-order chi connectivity index (χ0) is 31.4. The van der Waals surface area contributed by atoms with Gasteiger partial charge >= 0.3 is 6.09 Å². The molecule has 1 aromatic carbocycles. The second kappa shape index (κ2) is 16.8. The summed E-state index contributed by atoms with van der Waals surface area (Å²) in [6, 6.07) is 4.71. The normalized spacial score (nSPS) is 15.0. The summed E-state index contributed by atoms with van der Waals surface area (Å²) in [5, 5.41) is 17.0. The van der Waals surface area contributed by atoms with Crippen molar-refractivity contribution < 1.29 is 37.3 Å². The van der Waals surface area contributed by atoms with E-state index >= 15 is 0 Å². The number of methoxy groups -OCH3 is 1. The molecule has 1 aromatic rings. The first kappa shape index (κ1) is 36.5. The Hall–Kier alpha value is -2.53. The van der Waals surface area contributed by atoms with Gasteiger partial charge in [0.15, 0.2) is 27.3 Å². The Morgan fingerprint density at radius 1 is 1.07 bits per heavy atom. The number of benzene rings is 1. The number of alkyl carbamates (subject to hydrolysis) is 1. The molecule has 11 heteroatoms. The maximum Gasteiger partial charge on any atom is 0.407 e. The van der Waals surface area contributed by atoms with E-state index in [4.69, 9.17) is 14.2 Å². The van der Waals surface area contributed by atoms with E-state index in [0.717, 1.165) is 24.7 Å². The Morgan fingerprint density at radius 3 is 2.27 bits per heavy atom. The first-order valence-corrected chi connectivity index (χ1v) is 16.4. The number of nitrogens with one attached hydrogen (secondary N) is 2. The van der Waals surface area contributed by atoms with E-state index in [-0.39, 0.29) is 24.2 Å². The maximum absolute atomic E-state index is 12.7. The highest BCUT2D eigenvalue weighted by molar-refractivity contribution is 7.90. The summed E-state index contributed by atoms with van der Waals surface area (Å²) >= 11 is 0. The summed E-state index contributed by atoms with van der Waals surface area (Å²) in [4.78, 5) is 25.3. The highest BCUT2D eigenvalue weighted by atomic mass is 32.2. The first-order chi connectivity index (χ1) is 19.0. The van der Waals surface area contributed by atoms with E-state index in [1.54, 1.807) is 39.8 Å². The number of sulfone groups is 1. The summed E-state index contributed by atoms with van der Waals surface area (Å²) < 4.78 is 39.6. The van der Waals surface area contributed by atoms with Crippen LogP contribution < -0.4 is 20.1 Å². The van der Waals surface area contributed by atoms with Crippen LogP contribution in [-0.2, 0) is 25.8 Å². The van der Waals surface area contributed by atoms with Gasteiger partial charge in [-0.15, -0.1) is 0 Å². The molecule has 0 aliphatic rings. The van der Waals surface area contributed by atoms with Crippen LogP contribution in [0.4, 0.5) is 4.79 Å². The molecule has 3 N–H and O–H groups in total. The molecule has 0 aliphatic heterocycles. The molecule has 0 fully saturated rings. The van der Waals surface area contributed by atoms with E-state index < -0.39 is 45.5 Å². The number of carbonyl (C=O) groups excluding carboxylic acids is 2. The number of unbranched alkanes of at least 4 members (excludes halogenated alkanes) is 1. The van der Waals surface area contributed by atoms with Crippen LogP contribution in [0.1, 0.15) is 79.7 Å². The average molecular weight is 601 g/mol. The van der Waals surface area contributed by atoms with Crippen LogP contribution >= 0.6 is 0 Å². The second-order valence-corrected chi connectivity index (χ2v) is 14.3. The van der Waals surface area contributed by atoms with Crippen molar-refractivity contribution >= 4 is 21.8 Å². The SMILES string of the molecule is CCCCNC(=O)[C@H](C)C[C@H](O)[C@H](C[C@H](Cc1ccc(OC)c(OCS(C)(=O)=O)c1)C(C)C)NC(=O)OC(C)(C)C. The Kier molecular flexibility index (Phi) is 15.0.